The molecule has 1 saturated carbocycles. The van der Waals surface area contributed by atoms with Gasteiger partial charge in [-0.15, -0.1) is 24.0 Å². The summed E-state index contributed by atoms with van der Waals surface area (Å²) in [5, 5.41) is 0. The zero-order valence-corrected chi connectivity index (χ0v) is 15.2. The average Bonchev–Trinajstić information content (AvgIpc) is 2.87. The van der Waals surface area contributed by atoms with E-state index in [2.05, 4.69) is 23.9 Å². The topological polar surface area (TPSA) is 44.9 Å². The van der Waals surface area contributed by atoms with Gasteiger partial charge < -0.3 is 15.5 Å². The average molecular weight is 398 g/mol. The lowest BCUT2D eigenvalue weighted by Gasteiger charge is -2.35. The van der Waals surface area contributed by atoms with Crippen molar-refractivity contribution in [2.24, 2.45) is 10.7 Å². The van der Waals surface area contributed by atoms with Crippen LogP contribution in [0, 0.1) is 0 Å². The molecule has 19 heavy (non-hydrogen) atoms. The normalized spacial score (nSPS) is 23.5. The van der Waals surface area contributed by atoms with Gasteiger partial charge in [0.2, 0.25) is 0 Å². The number of hydrogen-bond acceptors (Lipinski definition) is 3. The third-order valence-corrected chi connectivity index (χ3v) is 5.30. The van der Waals surface area contributed by atoms with Gasteiger partial charge >= 0.3 is 0 Å². The van der Waals surface area contributed by atoms with Crippen molar-refractivity contribution in [1.82, 2.24) is 9.80 Å². The van der Waals surface area contributed by atoms with E-state index < -0.39 is 0 Å². The first kappa shape index (κ1) is 17.4. The molecule has 0 amide bonds. The summed E-state index contributed by atoms with van der Waals surface area (Å²) in [6.07, 6.45) is 5.17. The Morgan fingerprint density at radius 3 is 2.37 bits per heavy atom. The third kappa shape index (κ3) is 4.39. The molecule has 0 bridgehead atoms. The van der Waals surface area contributed by atoms with Gasteiger partial charge in [0.05, 0.1) is 6.54 Å². The van der Waals surface area contributed by atoms with Crippen molar-refractivity contribution < 1.29 is 0 Å². The van der Waals surface area contributed by atoms with Gasteiger partial charge in [-0.1, -0.05) is 12.8 Å². The van der Waals surface area contributed by atoms with Gasteiger partial charge in [-0.25, -0.2) is 0 Å². The smallest absolute Gasteiger partial charge is 0.191 e. The van der Waals surface area contributed by atoms with Crippen LogP contribution >= 0.6 is 35.7 Å². The van der Waals surface area contributed by atoms with Crippen molar-refractivity contribution in [3.63, 3.8) is 0 Å². The van der Waals surface area contributed by atoms with Crippen LogP contribution in [0.15, 0.2) is 4.99 Å². The fourth-order valence-corrected chi connectivity index (χ4v) is 3.80. The number of likely N-dealkylation sites (N-methyl/N-ethyl adjacent to an activating group) is 1. The number of thioether (sulfide) groups is 1. The zero-order chi connectivity index (χ0) is 13.0. The van der Waals surface area contributed by atoms with Crippen LogP contribution in [0.25, 0.3) is 0 Å². The number of nitrogens with two attached hydrogens (primary N) is 1. The lowest BCUT2D eigenvalue weighted by molar-refractivity contribution is 0.167. The van der Waals surface area contributed by atoms with Crippen LogP contribution in [0.4, 0.5) is 0 Å². The molecule has 0 unspecified atom stereocenters. The second-order valence-electron chi connectivity index (χ2n) is 5.60. The molecule has 0 radical (unpaired) electrons. The van der Waals surface area contributed by atoms with Gasteiger partial charge in [-0.3, -0.25) is 4.99 Å². The standard InChI is InChI=1S/C13H26N4S.HI/c1-16(2)13(5-3-4-6-13)11-15-12(14)17-7-9-18-10-8-17;/h3-11H2,1-2H3,(H2,14,15);1H. The largest absolute Gasteiger partial charge is 0.370 e. The number of aliphatic imine (C=N–C) groups is 1. The quantitative estimate of drug-likeness (QED) is 0.448. The van der Waals surface area contributed by atoms with Crippen LogP contribution in [0.3, 0.4) is 0 Å². The van der Waals surface area contributed by atoms with Crippen molar-refractivity contribution in [3.8, 4) is 0 Å². The fraction of sp³-hybridized carbons (Fsp3) is 0.923. The van der Waals surface area contributed by atoms with Gasteiger partial charge in [0.25, 0.3) is 0 Å². The van der Waals surface area contributed by atoms with Gasteiger partial charge in [-0.05, 0) is 26.9 Å². The molecule has 0 aromatic carbocycles. The molecule has 1 saturated heterocycles. The monoisotopic (exact) mass is 398 g/mol. The van der Waals surface area contributed by atoms with Crippen molar-refractivity contribution in [3.05, 3.63) is 0 Å². The van der Waals surface area contributed by atoms with E-state index in [1.807, 2.05) is 11.8 Å². The number of nitrogens with zero attached hydrogens (tertiary/aromatic N) is 3. The second-order valence-corrected chi connectivity index (χ2v) is 6.82. The van der Waals surface area contributed by atoms with Crippen LogP contribution in [0.5, 0.6) is 0 Å². The molecule has 4 nitrogen and oxygen atoms in total. The van der Waals surface area contributed by atoms with Gasteiger partial charge in [0, 0.05) is 30.1 Å². The van der Waals surface area contributed by atoms with Crippen LogP contribution in [0.2, 0.25) is 0 Å². The Morgan fingerprint density at radius 2 is 1.84 bits per heavy atom. The van der Waals surface area contributed by atoms with Crippen LogP contribution in [-0.2, 0) is 0 Å². The maximum absolute atomic E-state index is 6.13. The summed E-state index contributed by atoms with van der Waals surface area (Å²) < 4.78 is 0. The molecule has 6 heteroatoms. The Balaban J connectivity index is 0.00000180. The minimum atomic E-state index is 0. The van der Waals surface area contributed by atoms with Crippen molar-refractivity contribution in [2.75, 3.05) is 45.2 Å². The van der Waals surface area contributed by atoms with Crippen molar-refractivity contribution in [2.45, 2.75) is 31.2 Å². The summed E-state index contributed by atoms with van der Waals surface area (Å²) in [4.78, 5) is 9.27. The first-order chi connectivity index (χ1) is 8.64. The lowest BCUT2D eigenvalue weighted by Crippen LogP contribution is -2.47. The molecule has 0 atom stereocenters. The van der Waals surface area contributed by atoms with E-state index in [-0.39, 0.29) is 29.5 Å². The van der Waals surface area contributed by atoms with Crippen molar-refractivity contribution >= 4 is 41.7 Å². The molecular weight excluding hydrogens is 371 g/mol. The Kier molecular flexibility index (Phi) is 7.24. The van der Waals surface area contributed by atoms with Gasteiger partial charge in [0.1, 0.15) is 0 Å². The molecule has 2 aliphatic rings. The van der Waals surface area contributed by atoms with Gasteiger partial charge in [-0.2, -0.15) is 11.8 Å². The molecule has 112 valence electrons. The van der Waals surface area contributed by atoms with Crippen molar-refractivity contribution in [1.29, 1.82) is 0 Å². The lowest BCUT2D eigenvalue weighted by atomic mass is 9.96. The highest BCUT2D eigenvalue weighted by molar-refractivity contribution is 14.0. The highest BCUT2D eigenvalue weighted by atomic mass is 127. The predicted molar refractivity (Wildman–Crippen MR) is 95.7 cm³/mol. The molecule has 0 aromatic heterocycles. The summed E-state index contributed by atoms with van der Waals surface area (Å²) in [5.74, 6) is 3.10. The Hall–Kier alpha value is 0.310. The fourth-order valence-electron chi connectivity index (χ4n) is 2.90. The van der Waals surface area contributed by atoms with Gasteiger partial charge in [0.15, 0.2) is 5.96 Å². The number of halogens is 1. The van der Waals surface area contributed by atoms with Crippen LogP contribution < -0.4 is 5.73 Å². The molecule has 1 aliphatic heterocycles. The highest BCUT2D eigenvalue weighted by Crippen LogP contribution is 2.33. The van der Waals surface area contributed by atoms with E-state index in [9.17, 15) is 0 Å². The van der Waals surface area contributed by atoms with E-state index in [1.54, 1.807) is 0 Å². The molecule has 1 heterocycles. The maximum atomic E-state index is 6.13. The SMILES string of the molecule is CN(C)C1(CN=C(N)N2CCSCC2)CCCC1.I. The summed E-state index contributed by atoms with van der Waals surface area (Å²) >= 11 is 2.00. The third-order valence-electron chi connectivity index (χ3n) is 4.35. The Labute approximate surface area is 138 Å². The number of hydrogen-bond donors (Lipinski definition) is 1. The predicted octanol–water partition coefficient (Wildman–Crippen LogP) is 1.84. The molecular formula is C13H27IN4S. The molecule has 2 rings (SSSR count). The summed E-state index contributed by atoms with van der Waals surface area (Å²) in [6.45, 7) is 2.96. The Bertz CT molecular complexity index is 297. The molecule has 2 fully saturated rings. The molecule has 2 N–H and O–H groups in total. The molecule has 0 spiro atoms. The van der Waals surface area contributed by atoms with E-state index in [0.717, 1.165) is 25.6 Å². The zero-order valence-electron chi connectivity index (χ0n) is 12.1. The minimum Gasteiger partial charge on any atom is -0.370 e. The Morgan fingerprint density at radius 1 is 1.26 bits per heavy atom. The van der Waals surface area contributed by atoms with E-state index in [4.69, 9.17) is 10.7 Å². The van der Waals surface area contributed by atoms with Crippen LogP contribution in [0.1, 0.15) is 25.7 Å². The first-order valence-electron chi connectivity index (χ1n) is 6.94. The number of rotatable bonds is 3. The number of guanidine groups is 1. The van der Waals surface area contributed by atoms with Crippen LogP contribution in [-0.4, -0.2) is 66.5 Å². The summed E-state index contributed by atoms with van der Waals surface area (Å²) in [7, 11) is 4.35. The summed E-state index contributed by atoms with van der Waals surface area (Å²) in [6, 6.07) is 0. The molecule has 0 aromatic rings. The van der Waals surface area contributed by atoms with E-state index >= 15 is 0 Å². The summed E-state index contributed by atoms with van der Waals surface area (Å²) in [5.41, 5.74) is 6.39. The van der Waals surface area contributed by atoms with E-state index in [1.165, 1.54) is 37.2 Å². The van der Waals surface area contributed by atoms with E-state index in [0.29, 0.717) is 0 Å². The minimum absolute atomic E-state index is 0. The second kappa shape index (κ2) is 7.93. The highest BCUT2D eigenvalue weighted by Gasteiger charge is 2.35. The molecule has 1 aliphatic carbocycles. The first-order valence-corrected chi connectivity index (χ1v) is 8.10. The maximum Gasteiger partial charge on any atom is 0.191 e.